The third kappa shape index (κ3) is 5.31. The minimum atomic E-state index is 0.370. The fourth-order valence-electron chi connectivity index (χ4n) is 1.74. The molecule has 0 fully saturated rings. The van der Waals surface area contributed by atoms with Crippen molar-refractivity contribution in [2.45, 2.75) is 39.2 Å². The molecule has 1 unspecified atom stereocenters. The molecule has 0 aliphatic rings. The lowest BCUT2D eigenvalue weighted by atomic mass is 10.0. The molecular formula is C15H19Cl2N. The Hall–Kier alpha value is -0.680. The molecule has 0 radical (unpaired) electrons. The van der Waals surface area contributed by atoms with Crippen molar-refractivity contribution in [1.29, 1.82) is 0 Å². The van der Waals surface area contributed by atoms with E-state index in [4.69, 9.17) is 23.2 Å². The van der Waals surface area contributed by atoms with Crippen LogP contribution in [0.3, 0.4) is 0 Å². The van der Waals surface area contributed by atoms with Crippen molar-refractivity contribution >= 4 is 23.2 Å². The largest absolute Gasteiger partial charge is 0.313 e. The summed E-state index contributed by atoms with van der Waals surface area (Å²) in [6.45, 7) is 5.04. The molecule has 1 aromatic rings. The molecule has 1 rings (SSSR count). The summed E-state index contributed by atoms with van der Waals surface area (Å²) in [7, 11) is 0. The number of halogens is 2. The molecule has 1 atom stereocenters. The normalized spacial score (nSPS) is 11.8. The van der Waals surface area contributed by atoms with Crippen molar-refractivity contribution in [3.8, 4) is 11.8 Å². The van der Waals surface area contributed by atoms with Gasteiger partial charge < -0.3 is 5.32 Å². The summed E-state index contributed by atoms with van der Waals surface area (Å²) in [6, 6.07) is 6.18. The zero-order valence-electron chi connectivity index (χ0n) is 10.9. The number of benzene rings is 1. The molecule has 0 bridgehead atoms. The van der Waals surface area contributed by atoms with Gasteiger partial charge in [-0.05, 0) is 44.0 Å². The predicted molar refractivity (Wildman–Crippen MR) is 80.3 cm³/mol. The first kappa shape index (κ1) is 15.4. The third-order valence-electron chi connectivity index (χ3n) is 2.67. The quantitative estimate of drug-likeness (QED) is 0.767. The van der Waals surface area contributed by atoms with Crippen molar-refractivity contribution in [3.63, 3.8) is 0 Å². The monoisotopic (exact) mass is 283 g/mol. The van der Waals surface area contributed by atoms with E-state index < -0.39 is 0 Å². The van der Waals surface area contributed by atoms with Gasteiger partial charge in [0.15, 0.2) is 0 Å². The fraction of sp³-hybridized carbons (Fsp3) is 0.467. The molecule has 0 spiro atoms. The first-order valence-electron chi connectivity index (χ1n) is 6.24. The maximum Gasteiger partial charge on any atom is 0.0595 e. The van der Waals surface area contributed by atoms with Gasteiger partial charge in [0.1, 0.15) is 0 Å². The lowest BCUT2D eigenvalue weighted by Crippen LogP contribution is -2.31. The van der Waals surface area contributed by atoms with Crippen LogP contribution < -0.4 is 5.32 Å². The summed E-state index contributed by atoms with van der Waals surface area (Å²) in [5.74, 6) is 6.08. The molecule has 3 heteroatoms. The summed E-state index contributed by atoms with van der Waals surface area (Å²) in [4.78, 5) is 0. The van der Waals surface area contributed by atoms with E-state index in [2.05, 4.69) is 24.1 Å². The van der Waals surface area contributed by atoms with Crippen LogP contribution in [0.1, 0.15) is 32.3 Å². The Balaban J connectivity index is 2.67. The molecule has 0 aliphatic carbocycles. The SMILES string of the molecule is CC#CCC(Cc1ccc(Cl)c(Cl)c1)NCCC. The van der Waals surface area contributed by atoms with Crippen LogP contribution in [0.4, 0.5) is 0 Å². The van der Waals surface area contributed by atoms with E-state index in [1.165, 1.54) is 5.56 Å². The molecule has 0 saturated carbocycles. The first-order valence-corrected chi connectivity index (χ1v) is 6.99. The lowest BCUT2D eigenvalue weighted by Gasteiger charge is -2.16. The Kier molecular flexibility index (Phi) is 7.20. The van der Waals surface area contributed by atoms with Crippen LogP contribution >= 0.6 is 23.2 Å². The molecule has 1 N–H and O–H groups in total. The third-order valence-corrected chi connectivity index (χ3v) is 3.41. The number of hydrogen-bond donors (Lipinski definition) is 1. The molecule has 1 aromatic carbocycles. The van der Waals surface area contributed by atoms with Gasteiger partial charge in [-0.15, -0.1) is 11.8 Å². The van der Waals surface area contributed by atoms with Gasteiger partial charge in [-0.2, -0.15) is 0 Å². The Morgan fingerprint density at radius 3 is 2.67 bits per heavy atom. The van der Waals surface area contributed by atoms with E-state index in [0.29, 0.717) is 16.1 Å². The van der Waals surface area contributed by atoms with Crippen LogP contribution in [-0.4, -0.2) is 12.6 Å². The lowest BCUT2D eigenvalue weighted by molar-refractivity contribution is 0.517. The minimum Gasteiger partial charge on any atom is -0.313 e. The summed E-state index contributed by atoms with van der Waals surface area (Å²) < 4.78 is 0. The van der Waals surface area contributed by atoms with E-state index in [1.807, 2.05) is 25.1 Å². The zero-order valence-corrected chi connectivity index (χ0v) is 12.4. The van der Waals surface area contributed by atoms with Crippen molar-refractivity contribution < 1.29 is 0 Å². The van der Waals surface area contributed by atoms with Crippen molar-refractivity contribution in [3.05, 3.63) is 33.8 Å². The van der Waals surface area contributed by atoms with Crippen LogP contribution in [0.2, 0.25) is 10.0 Å². The van der Waals surface area contributed by atoms with Gasteiger partial charge >= 0.3 is 0 Å². The van der Waals surface area contributed by atoms with Crippen LogP contribution in [-0.2, 0) is 6.42 Å². The molecule has 1 nitrogen and oxygen atoms in total. The van der Waals surface area contributed by atoms with Gasteiger partial charge in [-0.1, -0.05) is 36.2 Å². The van der Waals surface area contributed by atoms with Crippen molar-refractivity contribution in [1.82, 2.24) is 5.32 Å². The number of rotatable bonds is 6. The molecule has 0 heterocycles. The van der Waals surface area contributed by atoms with Gasteiger partial charge in [0.2, 0.25) is 0 Å². The standard InChI is InChI=1S/C15H19Cl2N/c1-3-5-6-13(18-9-4-2)10-12-7-8-14(16)15(17)11-12/h7-8,11,13,18H,4,6,9-10H2,1-2H3. The maximum absolute atomic E-state index is 6.03. The molecule has 18 heavy (non-hydrogen) atoms. The Morgan fingerprint density at radius 2 is 2.06 bits per heavy atom. The van der Waals surface area contributed by atoms with Crippen molar-refractivity contribution in [2.24, 2.45) is 0 Å². The van der Waals surface area contributed by atoms with Gasteiger partial charge in [0.25, 0.3) is 0 Å². The second-order valence-corrected chi connectivity index (χ2v) is 5.05. The Morgan fingerprint density at radius 1 is 1.28 bits per heavy atom. The molecular weight excluding hydrogens is 265 g/mol. The summed E-state index contributed by atoms with van der Waals surface area (Å²) >= 11 is 11.9. The maximum atomic E-state index is 6.03. The summed E-state index contributed by atoms with van der Waals surface area (Å²) in [5.41, 5.74) is 1.19. The minimum absolute atomic E-state index is 0.370. The average Bonchev–Trinajstić information content (AvgIpc) is 2.37. The van der Waals surface area contributed by atoms with Gasteiger partial charge in [0.05, 0.1) is 10.0 Å². The average molecular weight is 284 g/mol. The van der Waals surface area contributed by atoms with Gasteiger partial charge in [-0.3, -0.25) is 0 Å². The van der Waals surface area contributed by atoms with Crippen LogP contribution in [0.25, 0.3) is 0 Å². The van der Waals surface area contributed by atoms with Gasteiger partial charge in [0, 0.05) is 12.5 Å². The van der Waals surface area contributed by atoms with E-state index >= 15 is 0 Å². The van der Waals surface area contributed by atoms with Crippen molar-refractivity contribution in [2.75, 3.05) is 6.54 Å². The highest BCUT2D eigenvalue weighted by molar-refractivity contribution is 6.42. The predicted octanol–water partition coefficient (Wildman–Crippen LogP) is 4.32. The van der Waals surface area contributed by atoms with Gasteiger partial charge in [-0.25, -0.2) is 0 Å². The molecule has 0 amide bonds. The fourth-order valence-corrected chi connectivity index (χ4v) is 2.06. The number of nitrogens with one attached hydrogen (secondary N) is 1. The molecule has 98 valence electrons. The number of hydrogen-bond acceptors (Lipinski definition) is 1. The molecule has 0 saturated heterocycles. The van der Waals surface area contributed by atoms with E-state index in [0.717, 1.165) is 25.8 Å². The van der Waals surface area contributed by atoms with E-state index in [-0.39, 0.29) is 0 Å². The molecule has 0 aliphatic heterocycles. The smallest absolute Gasteiger partial charge is 0.0595 e. The second-order valence-electron chi connectivity index (χ2n) is 4.23. The van der Waals surface area contributed by atoms with E-state index in [1.54, 1.807) is 0 Å². The zero-order chi connectivity index (χ0) is 13.4. The van der Waals surface area contributed by atoms with E-state index in [9.17, 15) is 0 Å². The summed E-state index contributed by atoms with van der Waals surface area (Å²) in [5, 5.41) is 4.73. The molecule has 0 aromatic heterocycles. The van der Waals surface area contributed by atoms with Crippen LogP contribution in [0.15, 0.2) is 18.2 Å². The second kappa shape index (κ2) is 8.43. The highest BCUT2D eigenvalue weighted by Gasteiger charge is 2.08. The van der Waals surface area contributed by atoms with Crippen LogP contribution in [0.5, 0.6) is 0 Å². The highest BCUT2D eigenvalue weighted by atomic mass is 35.5. The Bertz CT molecular complexity index is 432. The highest BCUT2D eigenvalue weighted by Crippen LogP contribution is 2.23. The van der Waals surface area contributed by atoms with Crippen LogP contribution in [0, 0.1) is 11.8 Å². The Labute approximate surface area is 120 Å². The first-order chi connectivity index (χ1) is 8.67. The topological polar surface area (TPSA) is 12.0 Å². The summed E-state index contributed by atoms with van der Waals surface area (Å²) in [6.07, 6.45) is 2.90.